The molecule has 118 valence electrons. The van der Waals surface area contributed by atoms with Gasteiger partial charge in [-0.25, -0.2) is 0 Å². The maximum absolute atomic E-state index is 5.92. The summed E-state index contributed by atoms with van der Waals surface area (Å²) in [5.41, 5.74) is 0. The maximum Gasteiger partial charge on any atom is 0.0678 e. The first-order valence-corrected chi connectivity index (χ1v) is 8.64. The molecule has 0 aromatic carbocycles. The Morgan fingerprint density at radius 2 is 1.70 bits per heavy atom. The molecule has 1 aliphatic heterocycles. The van der Waals surface area contributed by atoms with E-state index in [0.717, 1.165) is 31.5 Å². The fourth-order valence-electron chi connectivity index (χ4n) is 4.45. The number of morpholine rings is 1. The van der Waals surface area contributed by atoms with Gasteiger partial charge in [0, 0.05) is 25.2 Å². The van der Waals surface area contributed by atoms with Gasteiger partial charge in [-0.3, -0.25) is 4.90 Å². The van der Waals surface area contributed by atoms with Crippen LogP contribution in [0.5, 0.6) is 0 Å². The van der Waals surface area contributed by atoms with Gasteiger partial charge in [-0.15, -0.1) is 0 Å². The molecule has 3 heteroatoms. The van der Waals surface area contributed by atoms with Crippen LogP contribution in [-0.4, -0.2) is 48.8 Å². The van der Waals surface area contributed by atoms with Crippen molar-refractivity contribution in [1.82, 2.24) is 10.2 Å². The summed E-state index contributed by atoms with van der Waals surface area (Å²) >= 11 is 0. The molecule has 2 aliphatic rings. The molecule has 0 aromatic heterocycles. The maximum atomic E-state index is 5.92. The van der Waals surface area contributed by atoms with Crippen LogP contribution in [-0.2, 0) is 4.74 Å². The highest BCUT2D eigenvalue weighted by Crippen LogP contribution is 2.33. The summed E-state index contributed by atoms with van der Waals surface area (Å²) in [6, 6.07) is 1.35. The van der Waals surface area contributed by atoms with Gasteiger partial charge in [0.25, 0.3) is 0 Å². The minimum atomic E-state index is 0.372. The third-order valence-corrected chi connectivity index (χ3v) is 4.95. The van der Waals surface area contributed by atoms with E-state index in [0.29, 0.717) is 24.3 Å². The number of rotatable bonds is 4. The molecule has 2 fully saturated rings. The summed E-state index contributed by atoms with van der Waals surface area (Å²) in [4.78, 5) is 2.71. The third kappa shape index (κ3) is 3.96. The molecule has 0 radical (unpaired) electrons. The average Bonchev–Trinajstić information content (AvgIpc) is 2.34. The quantitative estimate of drug-likeness (QED) is 0.858. The second-order valence-corrected chi connectivity index (χ2v) is 7.32. The first kappa shape index (κ1) is 16.3. The van der Waals surface area contributed by atoms with E-state index >= 15 is 0 Å². The van der Waals surface area contributed by atoms with Crippen LogP contribution in [0.15, 0.2) is 0 Å². The van der Waals surface area contributed by atoms with Gasteiger partial charge < -0.3 is 10.1 Å². The van der Waals surface area contributed by atoms with Crippen molar-refractivity contribution in [2.24, 2.45) is 11.8 Å². The van der Waals surface area contributed by atoms with E-state index in [2.05, 4.69) is 44.8 Å². The standard InChI is InChI=1S/C17H34N2O/c1-6-7-18-16-9-12(2)8-13(3)17(16)19-10-14(4)20-15(5)11-19/h12-18H,6-11H2,1-5H3. The Hall–Kier alpha value is -0.120. The van der Waals surface area contributed by atoms with Crippen molar-refractivity contribution in [3.05, 3.63) is 0 Å². The van der Waals surface area contributed by atoms with Crippen LogP contribution in [0, 0.1) is 11.8 Å². The van der Waals surface area contributed by atoms with Crippen molar-refractivity contribution >= 4 is 0 Å². The summed E-state index contributed by atoms with van der Waals surface area (Å²) < 4.78 is 5.92. The number of ether oxygens (including phenoxy) is 1. The minimum Gasteiger partial charge on any atom is -0.373 e. The molecule has 3 nitrogen and oxygen atoms in total. The molecular weight excluding hydrogens is 248 g/mol. The lowest BCUT2D eigenvalue weighted by Crippen LogP contribution is -2.61. The fourth-order valence-corrected chi connectivity index (χ4v) is 4.45. The molecule has 1 saturated heterocycles. The molecule has 20 heavy (non-hydrogen) atoms. The lowest BCUT2D eigenvalue weighted by molar-refractivity contribution is -0.0971. The van der Waals surface area contributed by atoms with E-state index in [4.69, 9.17) is 4.74 Å². The Kier molecular flexibility index (Phi) is 5.88. The molecule has 6 atom stereocenters. The molecule has 2 rings (SSSR count). The zero-order valence-corrected chi connectivity index (χ0v) is 14.1. The van der Waals surface area contributed by atoms with Crippen LogP contribution in [0.4, 0.5) is 0 Å². The van der Waals surface area contributed by atoms with Crippen LogP contribution >= 0.6 is 0 Å². The highest BCUT2D eigenvalue weighted by molar-refractivity contribution is 4.95. The van der Waals surface area contributed by atoms with Crippen LogP contribution in [0.1, 0.15) is 53.9 Å². The van der Waals surface area contributed by atoms with Gasteiger partial charge in [0.05, 0.1) is 12.2 Å². The molecule has 0 amide bonds. The topological polar surface area (TPSA) is 24.5 Å². The van der Waals surface area contributed by atoms with Crippen LogP contribution in [0.25, 0.3) is 0 Å². The van der Waals surface area contributed by atoms with Crippen molar-refractivity contribution in [2.45, 2.75) is 78.2 Å². The van der Waals surface area contributed by atoms with Crippen molar-refractivity contribution < 1.29 is 4.74 Å². The van der Waals surface area contributed by atoms with Crippen molar-refractivity contribution in [3.63, 3.8) is 0 Å². The van der Waals surface area contributed by atoms with Gasteiger partial charge in [-0.1, -0.05) is 20.8 Å². The summed E-state index contributed by atoms with van der Waals surface area (Å²) in [6.45, 7) is 14.9. The minimum absolute atomic E-state index is 0.372. The Balaban J connectivity index is 2.07. The fraction of sp³-hybridized carbons (Fsp3) is 1.00. The van der Waals surface area contributed by atoms with Gasteiger partial charge in [0.1, 0.15) is 0 Å². The normalized spacial score (nSPS) is 43.6. The number of nitrogens with zero attached hydrogens (tertiary/aromatic N) is 1. The summed E-state index contributed by atoms with van der Waals surface area (Å²) in [6.07, 6.45) is 4.67. The SMILES string of the molecule is CCCNC1CC(C)CC(C)C1N1CC(C)OC(C)C1. The van der Waals surface area contributed by atoms with Gasteiger partial charge in [-0.05, 0) is 51.5 Å². The highest BCUT2D eigenvalue weighted by Gasteiger charge is 2.39. The molecule has 1 heterocycles. The Morgan fingerprint density at radius 3 is 2.30 bits per heavy atom. The Bertz CT molecular complexity index is 287. The molecule has 1 saturated carbocycles. The predicted molar refractivity (Wildman–Crippen MR) is 85.0 cm³/mol. The van der Waals surface area contributed by atoms with E-state index in [1.807, 2.05) is 0 Å². The van der Waals surface area contributed by atoms with Crippen molar-refractivity contribution in [1.29, 1.82) is 0 Å². The number of hydrogen-bond acceptors (Lipinski definition) is 3. The monoisotopic (exact) mass is 282 g/mol. The van der Waals surface area contributed by atoms with Crippen molar-refractivity contribution in [3.8, 4) is 0 Å². The van der Waals surface area contributed by atoms with E-state index in [1.165, 1.54) is 19.3 Å². The zero-order valence-electron chi connectivity index (χ0n) is 14.1. The average molecular weight is 282 g/mol. The van der Waals surface area contributed by atoms with Crippen molar-refractivity contribution in [2.75, 3.05) is 19.6 Å². The van der Waals surface area contributed by atoms with Crippen LogP contribution < -0.4 is 5.32 Å². The summed E-state index contributed by atoms with van der Waals surface area (Å²) in [7, 11) is 0. The van der Waals surface area contributed by atoms with Gasteiger partial charge in [0.2, 0.25) is 0 Å². The Morgan fingerprint density at radius 1 is 1.05 bits per heavy atom. The molecule has 6 unspecified atom stereocenters. The number of nitrogens with one attached hydrogen (secondary N) is 1. The third-order valence-electron chi connectivity index (χ3n) is 4.95. The van der Waals surface area contributed by atoms with E-state index in [-0.39, 0.29) is 0 Å². The first-order valence-electron chi connectivity index (χ1n) is 8.64. The highest BCUT2D eigenvalue weighted by atomic mass is 16.5. The molecule has 0 spiro atoms. The molecular formula is C17H34N2O. The summed E-state index contributed by atoms with van der Waals surface area (Å²) in [5, 5.41) is 3.83. The second-order valence-electron chi connectivity index (χ2n) is 7.32. The lowest BCUT2D eigenvalue weighted by Gasteiger charge is -2.49. The predicted octanol–water partition coefficient (Wildman–Crippen LogP) is 2.90. The lowest BCUT2D eigenvalue weighted by atomic mass is 9.75. The first-order chi connectivity index (χ1) is 9.51. The Labute approximate surface area is 125 Å². The number of hydrogen-bond donors (Lipinski definition) is 1. The zero-order chi connectivity index (χ0) is 14.7. The van der Waals surface area contributed by atoms with Gasteiger partial charge in [-0.2, -0.15) is 0 Å². The molecule has 1 N–H and O–H groups in total. The summed E-state index contributed by atoms with van der Waals surface area (Å²) in [5.74, 6) is 1.64. The van der Waals surface area contributed by atoms with E-state index < -0.39 is 0 Å². The van der Waals surface area contributed by atoms with Gasteiger partial charge in [0.15, 0.2) is 0 Å². The molecule has 0 bridgehead atoms. The largest absolute Gasteiger partial charge is 0.373 e. The molecule has 1 aliphatic carbocycles. The second kappa shape index (κ2) is 7.24. The van der Waals surface area contributed by atoms with E-state index in [9.17, 15) is 0 Å². The van der Waals surface area contributed by atoms with Crippen LogP contribution in [0.2, 0.25) is 0 Å². The molecule has 0 aromatic rings. The van der Waals surface area contributed by atoms with Crippen LogP contribution in [0.3, 0.4) is 0 Å². The smallest absolute Gasteiger partial charge is 0.0678 e. The van der Waals surface area contributed by atoms with Gasteiger partial charge >= 0.3 is 0 Å². The van der Waals surface area contributed by atoms with E-state index in [1.54, 1.807) is 0 Å².